The highest BCUT2D eigenvalue weighted by Gasteiger charge is 2.21. The Balaban J connectivity index is 0.00000289. The summed E-state index contributed by atoms with van der Waals surface area (Å²) in [6.07, 6.45) is 0. The predicted octanol–water partition coefficient (Wildman–Crippen LogP) is 1.22. The molecule has 3 N–H and O–H groups in total. The van der Waals surface area contributed by atoms with E-state index in [9.17, 15) is 4.79 Å². The minimum atomic E-state index is -1.18. The van der Waals surface area contributed by atoms with Crippen LogP contribution in [0.3, 0.4) is 0 Å². The maximum atomic E-state index is 10.9. The first-order valence-electron chi connectivity index (χ1n) is 4.83. The Morgan fingerprint density at radius 1 is 1.11 bits per heavy atom. The van der Waals surface area contributed by atoms with Gasteiger partial charge in [0.05, 0.1) is 21.3 Å². The van der Waals surface area contributed by atoms with Crippen LogP contribution in [0.25, 0.3) is 0 Å². The zero-order valence-electron chi connectivity index (χ0n) is 10.3. The number of benzene rings is 1. The average Bonchev–Trinajstić information content (AvgIpc) is 2.35. The summed E-state index contributed by atoms with van der Waals surface area (Å²) >= 11 is 0. The molecule has 0 radical (unpaired) electrons. The van der Waals surface area contributed by atoms with Crippen LogP contribution in [0, 0.1) is 0 Å². The highest BCUT2D eigenvalue weighted by molar-refractivity contribution is 5.85. The van der Waals surface area contributed by atoms with Gasteiger partial charge in [-0.1, -0.05) is 0 Å². The lowest BCUT2D eigenvalue weighted by molar-refractivity contribution is -0.138. The molecule has 0 aliphatic carbocycles. The topological polar surface area (TPSA) is 91.0 Å². The molecule has 7 heteroatoms. The van der Waals surface area contributed by atoms with Crippen molar-refractivity contribution in [2.45, 2.75) is 6.04 Å². The number of halogens is 1. The predicted molar refractivity (Wildman–Crippen MR) is 67.9 cm³/mol. The van der Waals surface area contributed by atoms with Crippen LogP contribution in [0.4, 0.5) is 0 Å². The van der Waals surface area contributed by atoms with Gasteiger partial charge < -0.3 is 25.1 Å². The largest absolute Gasteiger partial charge is 0.496 e. The molecule has 0 fully saturated rings. The SMILES string of the molecule is COc1cc(OC)c(C(N)C(=O)O)cc1OC.Cl. The minimum Gasteiger partial charge on any atom is -0.496 e. The number of ether oxygens (including phenoxy) is 3. The number of rotatable bonds is 5. The molecule has 18 heavy (non-hydrogen) atoms. The van der Waals surface area contributed by atoms with Crippen molar-refractivity contribution in [2.75, 3.05) is 21.3 Å². The van der Waals surface area contributed by atoms with E-state index in [0.29, 0.717) is 22.8 Å². The van der Waals surface area contributed by atoms with Crippen molar-refractivity contribution in [3.8, 4) is 17.2 Å². The number of carbonyl (C=O) groups is 1. The molecular formula is C11H16ClNO5. The zero-order valence-corrected chi connectivity index (χ0v) is 11.1. The summed E-state index contributed by atoms with van der Waals surface area (Å²) in [6.45, 7) is 0. The molecule has 0 saturated carbocycles. The summed E-state index contributed by atoms with van der Waals surface area (Å²) in [6, 6.07) is 1.86. The first-order valence-corrected chi connectivity index (χ1v) is 4.83. The van der Waals surface area contributed by atoms with Gasteiger partial charge in [-0.3, -0.25) is 4.79 Å². The van der Waals surface area contributed by atoms with Crippen LogP contribution >= 0.6 is 12.4 Å². The van der Waals surface area contributed by atoms with Crippen molar-refractivity contribution in [3.63, 3.8) is 0 Å². The molecule has 0 amide bonds. The zero-order chi connectivity index (χ0) is 13.0. The normalized spacial score (nSPS) is 11.1. The van der Waals surface area contributed by atoms with Crippen molar-refractivity contribution in [1.29, 1.82) is 0 Å². The quantitative estimate of drug-likeness (QED) is 0.841. The third-order valence-corrected chi connectivity index (χ3v) is 2.34. The molecule has 0 aliphatic heterocycles. The van der Waals surface area contributed by atoms with Crippen LogP contribution in [-0.2, 0) is 4.79 Å². The van der Waals surface area contributed by atoms with Crippen molar-refractivity contribution in [1.82, 2.24) is 0 Å². The van der Waals surface area contributed by atoms with Gasteiger partial charge in [0.15, 0.2) is 11.5 Å². The molecule has 6 nitrogen and oxygen atoms in total. The van der Waals surface area contributed by atoms with Crippen LogP contribution < -0.4 is 19.9 Å². The first kappa shape index (κ1) is 16.3. The minimum absolute atomic E-state index is 0. The maximum Gasteiger partial charge on any atom is 0.325 e. The number of hydrogen-bond acceptors (Lipinski definition) is 5. The van der Waals surface area contributed by atoms with Gasteiger partial charge in [0.1, 0.15) is 11.8 Å². The number of aliphatic carboxylic acids is 1. The summed E-state index contributed by atoms with van der Waals surface area (Å²) in [4.78, 5) is 10.9. The third kappa shape index (κ3) is 3.18. The van der Waals surface area contributed by atoms with Crippen molar-refractivity contribution in [2.24, 2.45) is 5.73 Å². The summed E-state index contributed by atoms with van der Waals surface area (Å²) in [5.41, 5.74) is 5.88. The number of methoxy groups -OCH3 is 3. The van der Waals surface area contributed by atoms with E-state index in [2.05, 4.69) is 0 Å². The second kappa shape index (κ2) is 6.93. The molecule has 0 bridgehead atoms. The summed E-state index contributed by atoms with van der Waals surface area (Å²) < 4.78 is 15.2. The molecule has 1 atom stereocenters. The van der Waals surface area contributed by atoms with Crippen LogP contribution in [0.1, 0.15) is 11.6 Å². The second-order valence-corrected chi connectivity index (χ2v) is 3.27. The molecule has 0 aromatic heterocycles. The van der Waals surface area contributed by atoms with E-state index in [4.69, 9.17) is 25.1 Å². The maximum absolute atomic E-state index is 10.9. The van der Waals surface area contributed by atoms with Gasteiger partial charge >= 0.3 is 5.97 Å². The Morgan fingerprint density at radius 2 is 1.56 bits per heavy atom. The van der Waals surface area contributed by atoms with Gasteiger partial charge in [-0.25, -0.2) is 0 Å². The highest BCUT2D eigenvalue weighted by Crippen LogP contribution is 2.36. The number of carboxylic acids is 1. The van der Waals surface area contributed by atoms with Gasteiger partial charge in [0.25, 0.3) is 0 Å². The van der Waals surface area contributed by atoms with E-state index < -0.39 is 12.0 Å². The lowest BCUT2D eigenvalue weighted by Gasteiger charge is -2.16. The molecular weight excluding hydrogens is 262 g/mol. The van der Waals surface area contributed by atoms with Gasteiger partial charge in [-0.05, 0) is 6.07 Å². The van der Waals surface area contributed by atoms with E-state index in [1.54, 1.807) is 0 Å². The number of hydrogen-bond donors (Lipinski definition) is 2. The van der Waals surface area contributed by atoms with Gasteiger partial charge in [-0.2, -0.15) is 0 Å². The highest BCUT2D eigenvalue weighted by atomic mass is 35.5. The molecule has 1 unspecified atom stereocenters. The van der Waals surface area contributed by atoms with Gasteiger partial charge in [0, 0.05) is 11.6 Å². The Kier molecular flexibility index (Phi) is 6.29. The Morgan fingerprint density at radius 3 is 1.94 bits per heavy atom. The number of nitrogens with two attached hydrogens (primary N) is 1. The molecule has 102 valence electrons. The van der Waals surface area contributed by atoms with Crippen LogP contribution in [0.5, 0.6) is 17.2 Å². The first-order chi connectivity index (χ1) is 8.04. The van der Waals surface area contributed by atoms with Crippen molar-refractivity contribution in [3.05, 3.63) is 17.7 Å². The van der Waals surface area contributed by atoms with Crippen molar-refractivity contribution < 1.29 is 24.1 Å². The fourth-order valence-electron chi connectivity index (χ4n) is 1.43. The molecule has 1 rings (SSSR count). The van der Waals surface area contributed by atoms with E-state index in [-0.39, 0.29) is 12.4 Å². The standard InChI is InChI=1S/C11H15NO5.ClH/c1-15-7-5-9(17-3)8(16-2)4-6(7)10(12)11(13)14;/h4-5,10H,12H2,1-3H3,(H,13,14);1H. The monoisotopic (exact) mass is 277 g/mol. The third-order valence-electron chi connectivity index (χ3n) is 2.34. The molecule has 0 saturated heterocycles. The van der Waals surface area contributed by atoms with Crippen molar-refractivity contribution >= 4 is 18.4 Å². The molecule has 0 spiro atoms. The Hall–Kier alpha value is -1.66. The molecule has 1 aromatic carbocycles. The smallest absolute Gasteiger partial charge is 0.325 e. The number of carboxylic acid groups (broad SMARTS) is 1. The fourth-order valence-corrected chi connectivity index (χ4v) is 1.43. The van der Waals surface area contributed by atoms with E-state index >= 15 is 0 Å². The lowest BCUT2D eigenvalue weighted by atomic mass is 10.1. The summed E-state index contributed by atoms with van der Waals surface area (Å²) in [5, 5.41) is 8.89. The Labute approximate surface area is 111 Å². The average molecular weight is 278 g/mol. The van der Waals surface area contributed by atoms with Crippen LogP contribution in [0.2, 0.25) is 0 Å². The fraction of sp³-hybridized carbons (Fsp3) is 0.364. The van der Waals surface area contributed by atoms with E-state index in [0.717, 1.165) is 0 Å². The van der Waals surface area contributed by atoms with E-state index in [1.807, 2.05) is 0 Å². The summed E-state index contributed by atoms with van der Waals surface area (Å²) in [7, 11) is 4.37. The molecule has 1 aromatic rings. The molecule has 0 aliphatic rings. The van der Waals surface area contributed by atoms with Gasteiger partial charge in [0.2, 0.25) is 0 Å². The molecule has 0 heterocycles. The van der Waals surface area contributed by atoms with Crippen LogP contribution in [-0.4, -0.2) is 32.4 Å². The Bertz CT molecular complexity index is 424. The van der Waals surface area contributed by atoms with Crippen LogP contribution in [0.15, 0.2) is 12.1 Å². The van der Waals surface area contributed by atoms with E-state index in [1.165, 1.54) is 33.5 Å². The van der Waals surface area contributed by atoms with Gasteiger partial charge in [-0.15, -0.1) is 12.4 Å². The lowest BCUT2D eigenvalue weighted by Crippen LogP contribution is -2.21. The summed E-state index contributed by atoms with van der Waals surface area (Å²) in [5.74, 6) is 0.0544. The second-order valence-electron chi connectivity index (χ2n) is 3.27.